The van der Waals surface area contributed by atoms with Gasteiger partial charge in [-0.2, -0.15) is 15.1 Å². The largest absolute Gasteiger partial charge is 0.376 e. The average molecular weight is 290 g/mol. The topological polar surface area (TPSA) is 79.0 Å². The molecular formula is C14H22N6O. The molecule has 1 aliphatic rings. The summed E-state index contributed by atoms with van der Waals surface area (Å²) in [5.74, 6) is 1.54. The Bertz CT molecular complexity index is 598. The van der Waals surface area contributed by atoms with Crippen molar-refractivity contribution in [3.05, 3.63) is 6.20 Å². The van der Waals surface area contributed by atoms with Gasteiger partial charge in [0.25, 0.3) is 0 Å². The molecule has 0 aliphatic carbocycles. The van der Waals surface area contributed by atoms with E-state index in [-0.39, 0.29) is 6.10 Å². The lowest BCUT2D eigenvalue weighted by Crippen LogP contribution is -2.40. The fourth-order valence-electron chi connectivity index (χ4n) is 2.72. The van der Waals surface area contributed by atoms with E-state index in [1.807, 2.05) is 7.05 Å². The zero-order chi connectivity index (χ0) is 14.7. The Morgan fingerprint density at radius 2 is 2.38 bits per heavy atom. The Balaban J connectivity index is 1.86. The van der Waals surface area contributed by atoms with Gasteiger partial charge in [-0.3, -0.25) is 5.10 Å². The molecule has 1 aliphatic heterocycles. The molecule has 1 fully saturated rings. The number of fused-ring (bicyclic) bond motifs is 1. The van der Waals surface area contributed by atoms with Crippen molar-refractivity contribution in [2.45, 2.75) is 32.3 Å². The summed E-state index contributed by atoms with van der Waals surface area (Å²) < 4.78 is 5.91. The van der Waals surface area contributed by atoms with Crippen LogP contribution in [-0.4, -0.2) is 53.0 Å². The third kappa shape index (κ3) is 2.92. The molecule has 21 heavy (non-hydrogen) atoms. The Morgan fingerprint density at radius 3 is 3.19 bits per heavy atom. The van der Waals surface area contributed by atoms with E-state index in [0.717, 1.165) is 55.8 Å². The quantitative estimate of drug-likeness (QED) is 0.874. The smallest absolute Gasteiger partial charge is 0.226 e. The number of H-pyrrole nitrogens is 1. The molecule has 0 amide bonds. The van der Waals surface area contributed by atoms with Crippen LogP contribution in [0.3, 0.4) is 0 Å². The van der Waals surface area contributed by atoms with Gasteiger partial charge in [-0.1, -0.05) is 6.92 Å². The van der Waals surface area contributed by atoms with Crippen molar-refractivity contribution in [3.63, 3.8) is 0 Å². The van der Waals surface area contributed by atoms with Gasteiger partial charge in [0.15, 0.2) is 5.65 Å². The molecule has 114 valence electrons. The standard InChI is InChI=1S/C14H22N6O/c1-3-7-21-10-5-4-6-20(9-10)13-11-8-16-19-12(11)17-14(15-2)18-13/h8,10H,3-7,9H2,1-2H3,(H2,15,16,17,18,19). The second-order valence-electron chi connectivity index (χ2n) is 5.33. The molecule has 1 saturated heterocycles. The molecule has 2 N–H and O–H groups in total. The molecule has 0 spiro atoms. The Morgan fingerprint density at radius 1 is 1.48 bits per heavy atom. The number of nitrogens with zero attached hydrogens (tertiary/aromatic N) is 4. The van der Waals surface area contributed by atoms with Crippen LogP contribution in [0.4, 0.5) is 11.8 Å². The van der Waals surface area contributed by atoms with Crippen molar-refractivity contribution in [1.29, 1.82) is 0 Å². The fraction of sp³-hybridized carbons (Fsp3) is 0.643. The third-order valence-electron chi connectivity index (χ3n) is 3.75. The second-order valence-corrected chi connectivity index (χ2v) is 5.33. The summed E-state index contributed by atoms with van der Waals surface area (Å²) >= 11 is 0. The number of hydrogen-bond donors (Lipinski definition) is 2. The van der Waals surface area contributed by atoms with Crippen LogP contribution in [0.15, 0.2) is 6.20 Å². The van der Waals surface area contributed by atoms with Gasteiger partial charge in [-0.05, 0) is 19.3 Å². The first-order chi connectivity index (χ1) is 10.3. The maximum atomic E-state index is 5.91. The van der Waals surface area contributed by atoms with Gasteiger partial charge in [-0.25, -0.2) is 0 Å². The Hall–Kier alpha value is -1.89. The van der Waals surface area contributed by atoms with Crippen molar-refractivity contribution < 1.29 is 4.74 Å². The van der Waals surface area contributed by atoms with E-state index in [1.54, 1.807) is 6.20 Å². The fourth-order valence-corrected chi connectivity index (χ4v) is 2.72. The lowest BCUT2D eigenvalue weighted by molar-refractivity contribution is 0.0440. The van der Waals surface area contributed by atoms with Gasteiger partial charge in [0.1, 0.15) is 5.82 Å². The zero-order valence-corrected chi connectivity index (χ0v) is 12.6. The highest BCUT2D eigenvalue weighted by molar-refractivity contribution is 5.87. The number of nitrogens with one attached hydrogen (secondary N) is 2. The SMILES string of the molecule is CCCOC1CCCN(c2nc(NC)nc3[nH]ncc23)C1. The monoisotopic (exact) mass is 290 g/mol. The van der Waals surface area contributed by atoms with Gasteiger partial charge in [0, 0.05) is 26.7 Å². The van der Waals surface area contributed by atoms with Gasteiger partial charge in [0.2, 0.25) is 5.95 Å². The van der Waals surface area contributed by atoms with Crippen molar-refractivity contribution in [1.82, 2.24) is 20.2 Å². The van der Waals surface area contributed by atoms with E-state index in [2.05, 4.69) is 37.3 Å². The molecule has 0 saturated carbocycles. The van der Waals surface area contributed by atoms with Gasteiger partial charge in [0.05, 0.1) is 17.7 Å². The number of anilines is 2. The normalized spacial score (nSPS) is 19.1. The Kier molecular flexibility index (Phi) is 4.19. The van der Waals surface area contributed by atoms with E-state index < -0.39 is 0 Å². The van der Waals surface area contributed by atoms with Crippen LogP contribution >= 0.6 is 0 Å². The molecule has 3 rings (SSSR count). The van der Waals surface area contributed by atoms with Gasteiger partial charge in [-0.15, -0.1) is 0 Å². The van der Waals surface area contributed by atoms with Crippen molar-refractivity contribution in [2.24, 2.45) is 0 Å². The molecule has 0 bridgehead atoms. The summed E-state index contributed by atoms with van der Waals surface area (Å²) in [6.07, 6.45) is 5.37. The summed E-state index contributed by atoms with van der Waals surface area (Å²) in [7, 11) is 1.82. The number of hydrogen-bond acceptors (Lipinski definition) is 6. The van der Waals surface area contributed by atoms with E-state index in [1.165, 1.54) is 0 Å². The van der Waals surface area contributed by atoms with E-state index in [4.69, 9.17) is 4.74 Å². The predicted octanol–water partition coefficient (Wildman–Crippen LogP) is 1.79. The number of aromatic amines is 1. The molecule has 2 aromatic rings. The van der Waals surface area contributed by atoms with E-state index in [0.29, 0.717) is 5.95 Å². The first kappa shape index (κ1) is 14.1. The summed E-state index contributed by atoms with van der Waals surface area (Å²) in [5.41, 5.74) is 0.765. The van der Waals surface area contributed by atoms with Gasteiger partial charge >= 0.3 is 0 Å². The summed E-state index contributed by atoms with van der Waals surface area (Å²) in [4.78, 5) is 11.3. The summed E-state index contributed by atoms with van der Waals surface area (Å²) in [6, 6.07) is 0. The van der Waals surface area contributed by atoms with Crippen LogP contribution in [0.25, 0.3) is 11.0 Å². The van der Waals surface area contributed by atoms with Crippen molar-refractivity contribution in [3.8, 4) is 0 Å². The van der Waals surface area contributed by atoms with E-state index in [9.17, 15) is 0 Å². The first-order valence-electron chi connectivity index (χ1n) is 7.57. The van der Waals surface area contributed by atoms with Crippen LogP contribution in [0, 0.1) is 0 Å². The highest BCUT2D eigenvalue weighted by atomic mass is 16.5. The minimum atomic E-state index is 0.286. The highest BCUT2D eigenvalue weighted by Gasteiger charge is 2.24. The molecule has 0 radical (unpaired) electrons. The number of rotatable bonds is 5. The number of aromatic nitrogens is 4. The van der Waals surface area contributed by atoms with E-state index >= 15 is 0 Å². The molecule has 3 heterocycles. The van der Waals surface area contributed by atoms with Crippen LogP contribution in [0.2, 0.25) is 0 Å². The second kappa shape index (κ2) is 6.26. The number of ether oxygens (including phenoxy) is 1. The van der Waals surface area contributed by atoms with Crippen LogP contribution in [0.5, 0.6) is 0 Å². The lowest BCUT2D eigenvalue weighted by atomic mass is 10.1. The molecule has 7 heteroatoms. The van der Waals surface area contributed by atoms with Crippen molar-refractivity contribution >= 4 is 22.8 Å². The summed E-state index contributed by atoms with van der Waals surface area (Å²) in [6.45, 7) is 4.83. The maximum Gasteiger partial charge on any atom is 0.226 e. The molecular weight excluding hydrogens is 268 g/mol. The third-order valence-corrected chi connectivity index (χ3v) is 3.75. The predicted molar refractivity (Wildman–Crippen MR) is 82.7 cm³/mol. The molecule has 1 atom stereocenters. The minimum absolute atomic E-state index is 0.286. The molecule has 0 aromatic carbocycles. The molecule has 7 nitrogen and oxygen atoms in total. The van der Waals surface area contributed by atoms with Gasteiger partial charge < -0.3 is 15.0 Å². The lowest BCUT2D eigenvalue weighted by Gasteiger charge is -2.33. The first-order valence-corrected chi connectivity index (χ1v) is 7.57. The zero-order valence-electron chi connectivity index (χ0n) is 12.6. The van der Waals surface area contributed by atoms with Crippen molar-refractivity contribution in [2.75, 3.05) is 37.0 Å². The Labute approximate surface area is 124 Å². The average Bonchev–Trinajstić information content (AvgIpc) is 3.00. The van der Waals surface area contributed by atoms with Crippen LogP contribution in [0.1, 0.15) is 26.2 Å². The van der Waals surface area contributed by atoms with Crippen LogP contribution < -0.4 is 10.2 Å². The number of piperidine rings is 1. The maximum absolute atomic E-state index is 5.91. The molecule has 2 aromatic heterocycles. The highest BCUT2D eigenvalue weighted by Crippen LogP contribution is 2.27. The molecule has 1 unspecified atom stereocenters. The van der Waals surface area contributed by atoms with Crippen LogP contribution in [-0.2, 0) is 4.74 Å². The summed E-state index contributed by atoms with van der Waals surface area (Å²) in [5, 5.41) is 11.0. The minimum Gasteiger partial charge on any atom is -0.376 e.